The summed E-state index contributed by atoms with van der Waals surface area (Å²) < 4.78 is 0. The van der Waals surface area contributed by atoms with Crippen LogP contribution in [0.4, 0.5) is 0 Å². The molecule has 2 nitrogen and oxygen atoms in total. The third-order valence-corrected chi connectivity index (χ3v) is 2.92. The van der Waals surface area contributed by atoms with Gasteiger partial charge in [-0.1, -0.05) is 12.2 Å². The van der Waals surface area contributed by atoms with Gasteiger partial charge in [0.05, 0.1) is 6.67 Å². The summed E-state index contributed by atoms with van der Waals surface area (Å²) in [6.45, 7) is 17.0. The van der Waals surface area contributed by atoms with E-state index in [1.165, 1.54) is 5.70 Å². The summed E-state index contributed by atoms with van der Waals surface area (Å²) in [4.78, 5) is 4.72. The van der Waals surface area contributed by atoms with E-state index in [0.717, 1.165) is 19.8 Å². The predicted molar refractivity (Wildman–Crippen MR) is 66.5 cm³/mol. The van der Waals surface area contributed by atoms with Crippen molar-refractivity contribution in [2.24, 2.45) is 0 Å². The Balaban J connectivity index is 2.85. The zero-order valence-electron chi connectivity index (χ0n) is 10.2. The Morgan fingerprint density at radius 3 is 2.47 bits per heavy atom. The topological polar surface area (TPSA) is 6.48 Å². The molecule has 1 aliphatic rings. The molecular formula is C13H22N2. The van der Waals surface area contributed by atoms with Crippen LogP contribution in [0.5, 0.6) is 0 Å². The number of hydrogen-bond acceptors (Lipinski definition) is 2. The van der Waals surface area contributed by atoms with Crippen LogP contribution < -0.4 is 0 Å². The molecule has 1 heterocycles. The summed E-state index contributed by atoms with van der Waals surface area (Å²) >= 11 is 0. The van der Waals surface area contributed by atoms with Crippen LogP contribution in [0, 0.1) is 0 Å². The molecule has 0 aromatic carbocycles. The second-order valence-corrected chi connectivity index (χ2v) is 4.60. The van der Waals surface area contributed by atoms with Crippen molar-refractivity contribution in [2.75, 3.05) is 19.8 Å². The van der Waals surface area contributed by atoms with Gasteiger partial charge in [0.15, 0.2) is 0 Å². The second-order valence-electron chi connectivity index (χ2n) is 4.60. The first kappa shape index (κ1) is 12.1. The highest BCUT2D eigenvalue weighted by atomic mass is 15.4. The standard InChI is InChI=1S/C13H22N2/c1-6-8-14-11-15(9-7-2)13(4,5)10-12(14)3/h6-7,10H,1-2,8-9,11H2,3-5H3. The summed E-state index contributed by atoms with van der Waals surface area (Å²) in [7, 11) is 0. The number of nitrogens with zero attached hydrogens (tertiary/aromatic N) is 2. The number of allylic oxidation sites excluding steroid dienone is 1. The fraction of sp³-hybridized carbons (Fsp3) is 0.538. The van der Waals surface area contributed by atoms with Crippen molar-refractivity contribution in [3.8, 4) is 0 Å². The van der Waals surface area contributed by atoms with Gasteiger partial charge < -0.3 is 4.90 Å². The van der Waals surface area contributed by atoms with E-state index < -0.39 is 0 Å². The lowest BCUT2D eigenvalue weighted by atomic mass is 9.99. The lowest BCUT2D eigenvalue weighted by Crippen LogP contribution is -2.52. The van der Waals surface area contributed by atoms with Gasteiger partial charge in [-0.05, 0) is 26.8 Å². The van der Waals surface area contributed by atoms with E-state index in [1.54, 1.807) is 0 Å². The average molecular weight is 206 g/mol. The summed E-state index contributed by atoms with van der Waals surface area (Å²) in [6.07, 6.45) is 6.22. The first-order valence-corrected chi connectivity index (χ1v) is 5.42. The van der Waals surface area contributed by atoms with E-state index in [4.69, 9.17) is 0 Å². The molecule has 15 heavy (non-hydrogen) atoms. The van der Waals surface area contributed by atoms with Crippen molar-refractivity contribution >= 4 is 0 Å². The second kappa shape index (κ2) is 4.67. The molecule has 1 aliphatic heterocycles. The van der Waals surface area contributed by atoms with Gasteiger partial charge in [0, 0.05) is 24.3 Å². The molecule has 0 aromatic rings. The lowest BCUT2D eigenvalue weighted by molar-refractivity contribution is 0.0862. The van der Waals surface area contributed by atoms with Crippen LogP contribution in [-0.4, -0.2) is 35.1 Å². The van der Waals surface area contributed by atoms with Crippen LogP contribution in [-0.2, 0) is 0 Å². The van der Waals surface area contributed by atoms with Crippen LogP contribution in [0.25, 0.3) is 0 Å². The molecule has 2 heteroatoms. The van der Waals surface area contributed by atoms with Gasteiger partial charge in [0.25, 0.3) is 0 Å². The SMILES string of the molecule is C=CCN1CN(CC=C)C(C)(C)C=C1C. The van der Waals surface area contributed by atoms with Crippen LogP contribution in [0.15, 0.2) is 37.1 Å². The molecule has 0 aromatic heterocycles. The maximum Gasteiger partial charge on any atom is 0.0717 e. The Kier molecular flexibility index (Phi) is 3.75. The molecule has 0 unspecified atom stereocenters. The van der Waals surface area contributed by atoms with Gasteiger partial charge in [0.1, 0.15) is 0 Å². The Labute approximate surface area is 93.6 Å². The molecule has 0 amide bonds. The third-order valence-electron chi connectivity index (χ3n) is 2.92. The molecule has 0 radical (unpaired) electrons. The van der Waals surface area contributed by atoms with E-state index >= 15 is 0 Å². The highest BCUT2D eigenvalue weighted by Crippen LogP contribution is 2.25. The molecule has 0 bridgehead atoms. The zero-order chi connectivity index (χ0) is 11.5. The zero-order valence-corrected chi connectivity index (χ0v) is 10.2. The fourth-order valence-electron chi connectivity index (χ4n) is 2.00. The van der Waals surface area contributed by atoms with E-state index in [-0.39, 0.29) is 5.54 Å². The van der Waals surface area contributed by atoms with E-state index in [2.05, 4.69) is 49.8 Å². The first-order valence-electron chi connectivity index (χ1n) is 5.42. The maximum absolute atomic E-state index is 3.81. The fourth-order valence-corrected chi connectivity index (χ4v) is 2.00. The van der Waals surface area contributed by atoms with Gasteiger partial charge in [-0.15, -0.1) is 13.2 Å². The molecule has 84 valence electrons. The summed E-state index contributed by atoms with van der Waals surface area (Å²) in [5.41, 5.74) is 1.45. The van der Waals surface area contributed by atoms with Crippen LogP contribution in [0.1, 0.15) is 20.8 Å². The molecule has 1 rings (SSSR count). The molecule has 0 N–H and O–H groups in total. The minimum atomic E-state index is 0.121. The van der Waals surface area contributed by atoms with Crippen molar-refractivity contribution < 1.29 is 0 Å². The minimum absolute atomic E-state index is 0.121. The van der Waals surface area contributed by atoms with Crippen molar-refractivity contribution in [2.45, 2.75) is 26.3 Å². The van der Waals surface area contributed by atoms with E-state index in [0.29, 0.717) is 0 Å². The highest BCUT2D eigenvalue weighted by molar-refractivity contribution is 5.14. The maximum atomic E-state index is 3.81. The minimum Gasteiger partial charge on any atom is -0.359 e. The molecule has 0 aliphatic carbocycles. The first-order chi connectivity index (χ1) is 7.01. The molecular weight excluding hydrogens is 184 g/mol. The Morgan fingerprint density at radius 2 is 1.93 bits per heavy atom. The Hall–Kier alpha value is -1.02. The van der Waals surface area contributed by atoms with Gasteiger partial charge in [-0.2, -0.15) is 0 Å². The van der Waals surface area contributed by atoms with Crippen LogP contribution in [0.3, 0.4) is 0 Å². The lowest BCUT2D eigenvalue weighted by Gasteiger charge is -2.45. The molecule has 0 atom stereocenters. The average Bonchev–Trinajstić information content (AvgIpc) is 2.13. The predicted octanol–water partition coefficient (Wildman–Crippen LogP) is 2.62. The van der Waals surface area contributed by atoms with Crippen molar-refractivity contribution in [3.63, 3.8) is 0 Å². The van der Waals surface area contributed by atoms with E-state index in [1.807, 2.05) is 12.2 Å². The molecule has 0 fully saturated rings. The molecule has 0 saturated carbocycles. The summed E-state index contributed by atoms with van der Waals surface area (Å²) in [5, 5.41) is 0. The van der Waals surface area contributed by atoms with Crippen molar-refractivity contribution in [1.82, 2.24) is 9.80 Å². The van der Waals surface area contributed by atoms with Gasteiger partial charge in [0.2, 0.25) is 0 Å². The molecule has 0 spiro atoms. The van der Waals surface area contributed by atoms with Gasteiger partial charge in [-0.3, -0.25) is 4.90 Å². The van der Waals surface area contributed by atoms with Crippen LogP contribution in [0.2, 0.25) is 0 Å². The third kappa shape index (κ3) is 2.72. The quantitative estimate of drug-likeness (QED) is 0.652. The number of hydrogen-bond donors (Lipinski definition) is 0. The van der Waals surface area contributed by atoms with Gasteiger partial charge in [-0.25, -0.2) is 0 Å². The number of rotatable bonds is 4. The smallest absolute Gasteiger partial charge is 0.0717 e. The largest absolute Gasteiger partial charge is 0.359 e. The van der Waals surface area contributed by atoms with Crippen molar-refractivity contribution in [1.29, 1.82) is 0 Å². The molecule has 0 saturated heterocycles. The summed E-state index contributed by atoms with van der Waals surface area (Å²) in [5.74, 6) is 0. The monoisotopic (exact) mass is 206 g/mol. The van der Waals surface area contributed by atoms with E-state index in [9.17, 15) is 0 Å². The Morgan fingerprint density at radius 1 is 1.33 bits per heavy atom. The Bertz CT molecular complexity index is 276. The highest BCUT2D eigenvalue weighted by Gasteiger charge is 2.29. The van der Waals surface area contributed by atoms with Crippen molar-refractivity contribution in [3.05, 3.63) is 37.1 Å². The summed E-state index contributed by atoms with van der Waals surface area (Å²) in [6, 6.07) is 0. The van der Waals surface area contributed by atoms with Crippen LogP contribution >= 0.6 is 0 Å². The normalized spacial score (nSPS) is 21.0. The van der Waals surface area contributed by atoms with Gasteiger partial charge >= 0.3 is 0 Å².